The first-order valence-corrected chi connectivity index (χ1v) is 6.74. The molecule has 0 heterocycles. The lowest BCUT2D eigenvalue weighted by Gasteiger charge is -2.08. The summed E-state index contributed by atoms with van der Waals surface area (Å²) in [5.74, 6) is -0.933. The van der Waals surface area contributed by atoms with Crippen molar-refractivity contribution in [1.29, 1.82) is 0 Å². The Balaban J connectivity index is 3.13. The number of unbranched alkanes of at least 4 members (excludes halogenated alkanes) is 3. The Hall–Kier alpha value is -2.55. The van der Waals surface area contributed by atoms with E-state index in [9.17, 15) is 25.0 Å². The molecule has 1 aromatic rings. The van der Waals surface area contributed by atoms with Crippen LogP contribution in [-0.2, 0) is 6.42 Å². The highest BCUT2D eigenvalue weighted by Gasteiger charge is 2.25. The largest absolute Gasteiger partial charge is 0.396 e. The molecule has 0 fully saturated rings. The zero-order valence-corrected chi connectivity index (χ0v) is 11.9. The van der Waals surface area contributed by atoms with Crippen molar-refractivity contribution in [2.75, 3.05) is 6.61 Å². The van der Waals surface area contributed by atoms with Crippen molar-refractivity contribution in [3.63, 3.8) is 0 Å². The number of primary amides is 1. The average molecular weight is 311 g/mol. The van der Waals surface area contributed by atoms with Gasteiger partial charge in [-0.3, -0.25) is 25.0 Å². The van der Waals surface area contributed by atoms with Gasteiger partial charge in [0.05, 0.1) is 21.5 Å². The molecule has 0 aliphatic heterocycles. The van der Waals surface area contributed by atoms with Crippen LogP contribution in [0.4, 0.5) is 11.4 Å². The van der Waals surface area contributed by atoms with Crippen LogP contribution in [0.25, 0.3) is 0 Å². The van der Waals surface area contributed by atoms with Crippen LogP contribution in [0.2, 0.25) is 0 Å². The number of aliphatic hydroxyl groups excluding tert-OH is 1. The topological polar surface area (TPSA) is 150 Å². The van der Waals surface area contributed by atoms with Crippen LogP contribution in [-0.4, -0.2) is 27.5 Å². The van der Waals surface area contributed by atoms with E-state index < -0.39 is 27.1 Å². The second-order valence-electron chi connectivity index (χ2n) is 4.76. The number of aliphatic hydroxyl groups is 1. The smallest absolute Gasteiger partial charge is 0.280 e. The molecule has 0 atom stereocenters. The third-order valence-electron chi connectivity index (χ3n) is 3.22. The van der Waals surface area contributed by atoms with Crippen molar-refractivity contribution in [3.05, 3.63) is 43.5 Å². The number of benzene rings is 1. The second kappa shape index (κ2) is 8.03. The number of amides is 1. The van der Waals surface area contributed by atoms with Gasteiger partial charge in [-0.1, -0.05) is 12.8 Å². The second-order valence-corrected chi connectivity index (χ2v) is 4.76. The molecule has 9 nitrogen and oxygen atoms in total. The van der Waals surface area contributed by atoms with Gasteiger partial charge in [-0.2, -0.15) is 0 Å². The standard InChI is InChI=1S/C13H17N3O6/c14-13(18)11-7-9(15(19)20)8-12(16(21)22)10(11)5-3-1-2-4-6-17/h7-8,17H,1-6H2,(H2,14,18). The van der Waals surface area contributed by atoms with Gasteiger partial charge >= 0.3 is 0 Å². The molecule has 0 radical (unpaired) electrons. The molecule has 1 rings (SSSR count). The predicted molar refractivity (Wildman–Crippen MR) is 77.5 cm³/mol. The Bertz CT molecular complexity index is 552. The van der Waals surface area contributed by atoms with Crippen molar-refractivity contribution in [2.45, 2.75) is 32.1 Å². The maximum absolute atomic E-state index is 11.5. The van der Waals surface area contributed by atoms with E-state index in [2.05, 4.69) is 0 Å². The molecule has 3 N–H and O–H groups in total. The van der Waals surface area contributed by atoms with Crippen molar-refractivity contribution >= 4 is 17.3 Å². The van der Waals surface area contributed by atoms with Crippen molar-refractivity contribution < 1.29 is 19.7 Å². The number of nitro groups is 2. The lowest BCUT2D eigenvalue weighted by atomic mass is 9.97. The molecule has 1 amide bonds. The Morgan fingerprint density at radius 3 is 2.23 bits per heavy atom. The number of hydrogen-bond donors (Lipinski definition) is 2. The summed E-state index contributed by atoms with van der Waals surface area (Å²) in [7, 11) is 0. The molecule has 120 valence electrons. The van der Waals surface area contributed by atoms with Crippen molar-refractivity contribution in [2.24, 2.45) is 5.73 Å². The summed E-state index contributed by atoms with van der Waals surface area (Å²) in [6.07, 6.45) is 2.87. The number of non-ortho nitro benzene ring substituents is 1. The van der Waals surface area contributed by atoms with E-state index in [-0.39, 0.29) is 24.2 Å². The van der Waals surface area contributed by atoms with Crippen LogP contribution in [0.5, 0.6) is 0 Å². The number of nitrogens with two attached hydrogens (primary N) is 1. The first-order valence-electron chi connectivity index (χ1n) is 6.74. The summed E-state index contributed by atoms with van der Waals surface area (Å²) >= 11 is 0. The maximum Gasteiger partial charge on any atom is 0.280 e. The minimum atomic E-state index is -0.933. The van der Waals surface area contributed by atoms with Crippen LogP contribution >= 0.6 is 0 Å². The Morgan fingerprint density at radius 2 is 1.73 bits per heavy atom. The fourth-order valence-corrected chi connectivity index (χ4v) is 2.16. The Labute approximate surface area is 126 Å². The van der Waals surface area contributed by atoms with E-state index in [0.717, 1.165) is 18.6 Å². The summed E-state index contributed by atoms with van der Waals surface area (Å²) < 4.78 is 0. The molecule has 0 aromatic heterocycles. The van der Waals surface area contributed by atoms with Gasteiger partial charge in [0.25, 0.3) is 11.4 Å². The summed E-state index contributed by atoms with van der Waals surface area (Å²) in [5, 5.41) is 30.6. The molecule has 0 bridgehead atoms. The van der Waals surface area contributed by atoms with Gasteiger partial charge in [0.15, 0.2) is 0 Å². The van der Waals surface area contributed by atoms with Crippen LogP contribution in [0.15, 0.2) is 12.1 Å². The van der Waals surface area contributed by atoms with Gasteiger partial charge < -0.3 is 10.8 Å². The van der Waals surface area contributed by atoms with Gasteiger partial charge in [0.2, 0.25) is 5.91 Å². The zero-order valence-electron chi connectivity index (χ0n) is 11.9. The molecule has 0 saturated heterocycles. The van der Waals surface area contributed by atoms with E-state index in [4.69, 9.17) is 10.8 Å². The first-order chi connectivity index (χ1) is 10.4. The first kappa shape index (κ1) is 17.5. The molecule has 0 aliphatic carbocycles. The van der Waals surface area contributed by atoms with E-state index in [1.807, 2.05) is 0 Å². The van der Waals surface area contributed by atoms with Crippen LogP contribution in [0.1, 0.15) is 41.6 Å². The summed E-state index contributed by atoms with van der Waals surface area (Å²) in [5.41, 5.74) is 4.11. The number of rotatable bonds is 9. The molecular formula is C13H17N3O6. The summed E-state index contributed by atoms with van der Waals surface area (Å²) in [4.78, 5) is 31.8. The molecular weight excluding hydrogens is 294 g/mol. The van der Waals surface area contributed by atoms with E-state index in [0.29, 0.717) is 19.3 Å². The maximum atomic E-state index is 11.5. The molecule has 0 aliphatic rings. The Morgan fingerprint density at radius 1 is 1.09 bits per heavy atom. The van der Waals surface area contributed by atoms with Gasteiger partial charge in [-0.05, 0) is 19.3 Å². The lowest BCUT2D eigenvalue weighted by molar-refractivity contribution is -0.394. The minimum absolute atomic E-state index is 0.0736. The SMILES string of the molecule is NC(=O)c1cc([N+](=O)[O-])cc([N+](=O)[O-])c1CCCCCCO. The predicted octanol–water partition coefficient (Wildman–Crippen LogP) is 1.70. The number of hydrogen-bond acceptors (Lipinski definition) is 6. The van der Waals surface area contributed by atoms with Gasteiger partial charge in [0, 0.05) is 18.2 Å². The third-order valence-corrected chi connectivity index (χ3v) is 3.22. The molecule has 0 saturated carbocycles. The lowest BCUT2D eigenvalue weighted by Crippen LogP contribution is -2.15. The number of carbonyl (C=O) groups is 1. The quantitative estimate of drug-likeness (QED) is 0.402. The van der Waals surface area contributed by atoms with Gasteiger partial charge in [-0.15, -0.1) is 0 Å². The molecule has 9 heteroatoms. The van der Waals surface area contributed by atoms with E-state index >= 15 is 0 Å². The van der Waals surface area contributed by atoms with Gasteiger partial charge in [-0.25, -0.2) is 0 Å². The summed E-state index contributed by atoms with van der Waals surface area (Å²) in [6, 6.07) is 1.81. The monoisotopic (exact) mass is 311 g/mol. The zero-order chi connectivity index (χ0) is 16.7. The normalized spacial score (nSPS) is 10.4. The number of carbonyl (C=O) groups excluding carboxylic acids is 1. The third kappa shape index (κ3) is 4.48. The van der Waals surface area contributed by atoms with Gasteiger partial charge in [0.1, 0.15) is 0 Å². The van der Waals surface area contributed by atoms with Crippen molar-refractivity contribution in [3.8, 4) is 0 Å². The fourth-order valence-electron chi connectivity index (χ4n) is 2.16. The molecule has 0 spiro atoms. The van der Waals surface area contributed by atoms with Crippen LogP contribution in [0, 0.1) is 20.2 Å². The average Bonchev–Trinajstić information content (AvgIpc) is 2.45. The molecule has 22 heavy (non-hydrogen) atoms. The number of nitro benzene ring substituents is 2. The number of nitrogens with zero attached hydrogens (tertiary/aromatic N) is 2. The molecule has 0 unspecified atom stereocenters. The van der Waals surface area contributed by atoms with Crippen LogP contribution in [0.3, 0.4) is 0 Å². The van der Waals surface area contributed by atoms with E-state index in [1.165, 1.54) is 0 Å². The molecule has 1 aromatic carbocycles. The fraction of sp³-hybridized carbons (Fsp3) is 0.462. The van der Waals surface area contributed by atoms with Crippen molar-refractivity contribution in [1.82, 2.24) is 0 Å². The van der Waals surface area contributed by atoms with Crippen LogP contribution < -0.4 is 5.73 Å². The summed E-state index contributed by atoms with van der Waals surface area (Å²) in [6.45, 7) is 0.0736. The van der Waals surface area contributed by atoms with E-state index in [1.54, 1.807) is 0 Å². The highest BCUT2D eigenvalue weighted by Crippen LogP contribution is 2.30. The highest BCUT2D eigenvalue weighted by molar-refractivity contribution is 5.96. The Kier molecular flexibility index (Phi) is 6.39. The highest BCUT2D eigenvalue weighted by atomic mass is 16.6. The minimum Gasteiger partial charge on any atom is -0.396 e.